The molecule has 0 radical (unpaired) electrons. The van der Waals surface area contributed by atoms with Gasteiger partial charge in [0.05, 0.1) is 22.5 Å². The van der Waals surface area contributed by atoms with Gasteiger partial charge in [0.2, 0.25) is 0 Å². The van der Waals surface area contributed by atoms with Crippen molar-refractivity contribution in [1.29, 1.82) is 0 Å². The lowest BCUT2D eigenvalue weighted by Crippen LogP contribution is -2.19. The summed E-state index contributed by atoms with van der Waals surface area (Å²) in [6.07, 6.45) is 0.960. The highest BCUT2D eigenvalue weighted by atomic mass is 79.9. The summed E-state index contributed by atoms with van der Waals surface area (Å²) in [5.41, 5.74) is 1.49. The Morgan fingerprint density at radius 1 is 1.23 bits per heavy atom. The molecular formula is C19H20BrN3O2S. The molecule has 0 aliphatic heterocycles. The van der Waals surface area contributed by atoms with Gasteiger partial charge in [0.1, 0.15) is 5.75 Å². The highest BCUT2D eigenvalue weighted by molar-refractivity contribution is 9.10. The number of hydrogen-bond donors (Lipinski definition) is 2. The third kappa shape index (κ3) is 4.95. The van der Waals surface area contributed by atoms with Crippen LogP contribution >= 0.6 is 27.3 Å². The average Bonchev–Trinajstić information content (AvgIpc) is 2.97. The number of urea groups is 1. The van der Waals surface area contributed by atoms with Gasteiger partial charge in [-0.2, -0.15) is 0 Å². The Morgan fingerprint density at radius 3 is 2.85 bits per heavy atom. The van der Waals surface area contributed by atoms with E-state index in [-0.39, 0.29) is 6.03 Å². The molecule has 0 aliphatic rings. The fraction of sp³-hybridized carbons (Fsp3) is 0.263. The second-order valence-corrected chi connectivity index (χ2v) is 8.18. The number of amides is 2. The molecule has 0 unspecified atom stereocenters. The summed E-state index contributed by atoms with van der Waals surface area (Å²) in [5, 5.41) is 6.17. The molecule has 136 valence electrons. The topological polar surface area (TPSA) is 63.2 Å². The van der Waals surface area contributed by atoms with E-state index < -0.39 is 0 Å². The van der Waals surface area contributed by atoms with Crippen LogP contribution in [0.4, 0.5) is 15.6 Å². The quantitative estimate of drug-likeness (QED) is 0.491. The molecule has 26 heavy (non-hydrogen) atoms. The minimum atomic E-state index is -0.344. The van der Waals surface area contributed by atoms with Gasteiger partial charge in [-0.15, -0.1) is 0 Å². The first-order valence-electron chi connectivity index (χ1n) is 8.37. The van der Waals surface area contributed by atoms with Gasteiger partial charge in [-0.25, -0.2) is 9.78 Å². The molecule has 0 atom stereocenters. The van der Waals surface area contributed by atoms with Gasteiger partial charge >= 0.3 is 6.03 Å². The van der Waals surface area contributed by atoms with Gasteiger partial charge in [0, 0.05) is 4.47 Å². The van der Waals surface area contributed by atoms with Crippen LogP contribution in [-0.4, -0.2) is 17.6 Å². The molecule has 2 N–H and O–H groups in total. The second-order valence-electron chi connectivity index (χ2n) is 6.24. The zero-order valence-electron chi connectivity index (χ0n) is 14.6. The zero-order chi connectivity index (χ0) is 18.5. The van der Waals surface area contributed by atoms with Crippen LogP contribution in [0.15, 0.2) is 46.9 Å². The number of thiazole rings is 1. The van der Waals surface area contributed by atoms with Crippen LogP contribution in [0, 0.1) is 5.92 Å². The van der Waals surface area contributed by atoms with Crippen molar-refractivity contribution in [1.82, 2.24) is 4.98 Å². The average molecular weight is 434 g/mol. The molecule has 7 heteroatoms. The minimum Gasteiger partial charge on any atom is -0.491 e. The predicted molar refractivity (Wildman–Crippen MR) is 111 cm³/mol. The molecule has 2 amide bonds. The van der Waals surface area contributed by atoms with Gasteiger partial charge in [0.25, 0.3) is 0 Å². The smallest absolute Gasteiger partial charge is 0.325 e. The Hall–Kier alpha value is -2.12. The van der Waals surface area contributed by atoms with Gasteiger partial charge < -0.3 is 10.1 Å². The lowest BCUT2D eigenvalue weighted by Gasteiger charge is -2.13. The molecule has 3 aromatic rings. The maximum atomic E-state index is 12.3. The van der Waals surface area contributed by atoms with Crippen LogP contribution in [0.5, 0.6) is 5.75 Å². The summed E-state index contributed by atoms with van der Waals surface area (Å²) >= 11 is 4.87. The number of aromatic nitrogens is 1. The summed E-state index contributed by atoms with van der Waals surface area (Å²) < 4.78 is 7.79. The number of para-hydroxylation sites is 2. The molecule has 3 rings (SSSR count). The van der Waals surface area contributed by atoms with Crippen molar-refractivity contribution in [3.05, 3.63) is 46.9 Å². The summed E-state index contributed by atoms with van der Waals surface area (Å²) in [4.78, 5) is 16.8. The van der Waals surface area contributed by atoms with Crippen LogP contribution in [0.3, 0.4) is 0 Å². The third-order valence-corrected chi connectivity index (χ3v) is 5.09. The second kappa shape index (κ2) is 8.51. The molecular weight excluding hydrogens is 414 g/mol. The highest BCUT2D eigenvalue weighted by Gasteiger charge is 2.11. The van der Waals surface area contributed by atoms with Crippen molar-refractivity contribution < 1.29 is 9.53 Å². The fourth-order valence-electron chi connectivity index (χ4n) is 2.30. The largest absolute Gasteiger partial charge is 0.491 e. The number of nitrogens with one attached hydrogen (secondary N) is 2. The fourth-order valence-corrected chi connectivity index (χ4v) is 3.72. The van der Waals surface area contributed by atoms with E-state index in [4.69, 9.17) is 4.74 Å². The van der Waals surface area contributed by atoms with E-state index in [1.165, 1.54) is 11.3 Å². The van der Waals surface area contributed by atoms with Crippen LogP contribution < -0.4 is 15.4 Å². The van der Waals surface area contributed by atoms with Crippen molar-refractivity contribution in [2.24, 2.45) is 5.92 Å². The summed E-state index contributed by atoms with van der Waals surface area (Å²) in [6.45, 7) is 4.92. The molecule has 0 spiro atoms. The van der Waals surface area contributed by atoms with Crippen molar-refractivity contribution in [3.63, 3.8) is 0 Å². The SMILES string of the molecule is CC(C)CCOc1ccccc1NC(=O)Nc1nc2ccc(Br)cc2s1. The minimum absolute atomic E-state index is 0.344. The van der Waals surface area contributed by atoms with Crippen molar-refractivity contribution in [2.45, 2.75) is 20.3 Å². The number of benzene rings is 2. The number of nitrogens with zero attached hydrogens (tertiary/aromatic N) is 1. The molecule has 1 heterocycles. The van der Waals surface area contributed by atoms with Crippen LogP contribution in [0.25, 0.3) is 10.2 Å². The van der Waals surface area contributed by atoms with Crippen LogP contribution in [-0.2, 0) is 0 Å². The highest BCUT2D eigenvalue weighted by Crippen LogP contribution is 2.29. The Morgan fingerprint density at radius 2 is 2.04 bits per heavy atom. The molecule has 0 aliphatic carbocycles. The molecule has 1 aromatic heterocycles. The van der Waals surface area contributed by atoms with Crippen molar-refractivity contribution in [3.8, 4) is 5.75 Å². The first kappa shape index (κ1) is 18.7. The Balaban J connectivity index is 1.65. The number of anilines is 2. The molecule has 2 aromatic carbocycles. The normalized spacial score (nSPS) is 10.9. The number of fused-ring (bicyclic) bond motifs is 1. The van der Waals surface area contributed by atoms with Gasteiger partial charge in [-0.3, -0.25) is 5.32 Å². The third-order valence-electron chi connectivity index (χ3n) is 3.66. The monoisotopic (exact) mass is 433 g/mol. The first-order valence-corrected chi connectivity index (χ1v) is 9.98. The number of rotatable bonds is 6. The van der Waals surface area contributed by atoms with E-state index in [9.17, 15) is 4.79 Å². The standard InChI is InChI=1S/C19H20BrN3O2S/c1-12(2)9-10-25-16-6-4-3-5-14(16)21-18(24)23-19-22-15-8-7-13(20)11-17(15)26-19/h3-8,11-12H,9-10H2,1-2H3,(H2,21,22,23,24). The molecule has 0 saturated heterocycles. The first-order chi connectivity index (χ1) is 12.5. The summed E-state index contributed by atoms with van der Waals surface area (Å²) in [7, 11) is 0. The van der Waals surface area contributed by atoms with E-state index in [2.05, 4.69) is 45.4 Å². The van der Waals surface area contributed by atoms with E-state index in [1.54, 1.807) is 0 Å². The number of hydrogen-bond acceptors (Lipinski definition) is 4. The molecule has 0 bridgehead atoms. The van der Waals surface area contributed by atoms with E-state index in [0.29, 0.717) is 29.1 Å². The molecule has 5 nitrogen and oxygen atoms in total. The number of ether oxygens (including phenoxy) is 1. The Bertz CT molecular complexity index is 911. The van der Waals surface area contributed by atoms with Crippen molar-refractivity contribution in [2.75, 3.05) is 17.2 Å². The van der Waals surface area contributed by atoms with Crippen LogP contribution in [0.1, 0.15) is 20.3 Å². The van der Waals surface area contributed by atoms with Gasteiger partial charge in [0.15, 0.2) is 5.13 Å². The Kier molecular flexibility index (Phi) is 6.11. The molecule has 0 fully saturated rings. The lowest BCUT2D eigenvalue weighted by atomic mass is 10.1. The van der Waals surface area contributed by atoms with E-state index in [1.807, 2.05) is 42.5 Å². The predicted octanol–water partition coefficient (Wildman–Crippen LogP) is 6.13. The summed E-state index contributed by atoms with van der Waals surface area (Å²) in [5.74, 6) is 1.23. The zero-order valence-corrected chi connectivity index (χ0v) is 17.0. The number of carbonyl (C=O) groups is 1. The molecule has 0 saturated carbocycles. The number of halogens is 1. The summed E-state index contributed by atoms with van der Waals surface area (Å²) in [6, 6.07) is 12.9. The van der Waals surface area contributed by atoms with Gasteiger partial charge in [-0.05, 0) is 42.7 Å². The maximum Gasteiger partial charge on any atom is 0.325 e. The Labute approximate surface area is 164 Å². The van der Waals surface area contributed by atoms with E-state index in [0.717, 1.165) is 21.1 Å². The van der Waals surface area contributed by atoms with E-state index >= 15 is 0 Å². The van der Waals surface area contributed by atoms with Crippen LogP contribution in [0.2, 0.25) is 0 Å². The van der Waals surface area contributed by atoms with Crippen molar-refractivity contribution >= 4 is 54.3 Å². The van der Waals surface area contributed by atoms with Gasteiger partial charge in [-0.1, -0.05) is 53.2 Å². The maximum absolute atomic E-state index is 12.3. The number of carbonyl (C=O) groups excluding carboxylic acids is 1. The lowest BCUT2D eigenvalue weighted by molar-refractivity contribution is 0.261.